The third-order valence-corrected chi connectivity index (χ3v) is 1.59. The van der Waals surface area contributed by atoms with Gasteiger partial charge < -0.3 is 15.3 Å². The van der Waals surface area contributed by atoms with Gasteiger partial charge in [-0.3, -0.25) is 0 Å². The molecule has 2 atom stereocenters. The maximum Gasteiger partial charge on any atom is 0.111 e. The van der Waals surface area contributed by atoms with Crippen molar-refractivity contribution in [1.82, 2.24) is 15.0 Å². The summed E-state index contributed by atoms with van der Waals surface area (Å²) < 4.78 is 1.38. The van der Waals surface area contributed by atoms with Gasteiger partial charge in [0.2, 0.25) is 0 Å². The van der Waals surface area contributed by atoms with Gasteiger partial charge in [0.1, 0.15) is 5.69 Å². The number of aliphatic hydroxyl groups excluding tert-OH is 3. The van der Waals surface area contributed by atoms with E-state index in [1.54, 1.807) is 6.92 Å². The number of hydrogen-bond acceptors (Lipinski definition) is 5. The monoisotopic (exact) mass is 187 g/mol. The van der Waals surface area contributed by atoms with E-state index >= 15 is 0 Å². The van der Waals surface area contributed by atoms with Crippen molar-refractivity contribution in [2.75, 3.05) is 6.61 Å². The van der Waals surface area contributed by atoms with Crippen molar-refractivity contribution in [3.05, 3.63) is 11.9 Å². The smallest absolute Gasteiger partial charge is 0.111 e. The van der Waals surface area contributed by atoms with Gasteiger partial charge in [0, 0.05) is 0 Å². The Balaban J connectivity index is 2.58. The molecular formula is C7H13N3O3. The number of hydrogen-bond donors (Lipinski definition) is 3. The molecule has 0 saturated carbocycles. The first-order valence-electron chi connectivity index (χ1n) is 4.00. The third kappa shape index (κ3) is 2.76. The molecular weight excluding hydrogens is 174 g/mol. The molecule has 0 saturated heterocycles. The predicted octanol–water partition coefficient (Wildman–Crippen LogP) is -1.32. The summed E-state index contributed by atoms with van der Waals surface area (Å²) in [7, 11) is 0. The lowest BCUT2D eigenvalue weighted by Crippen LogP contribution is -2.20. The lowest BCUT2D eigenvalue weighted by Gasteiger charge is -2.04. The molecule has 6 nitrogen and oxygen atoms in total. The van der Waals surface area contributed by atoms with Crippen LogP contribution < -0.4 is 0 Å². The lowest BCUT2D eigenvalue weighted by molar-refractivity contribution is 0.0777. The van der Waals surface area contributed by atoms with Gasteiger partial charge in [-0.2, -0.15) is 0 Å². The largest absolute Gasteiger partial charge is 0.394 e. The third-order valence-electron chi connectivity index (χ3n) is 1.59. The van der Waals surface area contributed by atoms with Crippen molar-refractivity contribution < 1.29 is 15.3 Å². The van der Waals surface area contributed by atoms with Gasteiger partial charge in [0.25, 0.3) is 0 Å². The number of aromatic nitrogens is 3. The summed E-state index contributed by atoms with van der Waals surface area (Å²) in [5, 5.41) is 34.0. The predicted molar refractivity (Wildman–Crippen MR) is 43.7 cm³/mol. The van der Waals surface area contributed by atoms with E-state index in [1.807, 2.05) is 0 Å². The molecule has 0 aliphatic rings. The highest BCUT2D eigenvalue weighted by Crippen LogP contribution is 2.06. The minimum Gasteiger partial charge on any atom is -0.394 e. The Labute approximate surface area is 75.4 Å². The maximum atomic E-state index is 9.10. The lowest BCUT2D eigenvalue weighted by atomic mass is 10.3. The van der Waals surface area contributed by atoms with Crippen molar-refractivity contribution in [3.8, 4) is 0 Å². The Morgan fingerprint density at radius 2 is 2.23 bits per heavy atom. The van der Waals surface area contributed by atoms with E-state index in [1.165, 1.54) is 10.9 Å². The zero-order chi connectivity index (χ0) is 9.84. The first kappa shape index (κ1) is 10.1. The van der Waals surface area contributed by atoms with Crippen molar-refractivity contribution in [2.45, 2.75) is 25.7 Å². The molecule has 3 N–H and O–H groups in total. The first-order chi connectivity index (χ1) is 6.13. The van der Waals surface area contributed by atoms with Crippen molar-refractivity contribution in [3.63, 3.8) is 0 Å². The zero-order valence-electron chi connectivity index (χ0n) is 7.33. The Kier molecular flexibility index (Phi) is 3.35. The number of rotatable bonds is 4. The van der Waals surface area contributed by atoms with Crippen LogP contribution in [-0.2, 0) is 6.54 Å². The van der Waals surface area contributed by atoms with Crippen LogP contribution in [-0.4, -0.2) is 43.0 Å². The van der Waals surface area contributed by atoms with Gasteiger partial charge in [-0.25, -0.2) is 4.68 Å². The Morgan fingerprint density at radius 1 is 1.54 bits per heavy atom. The summed E-state index contributed by atoms with van der Waals surface area (Å²) in [5.41, 5.74) is 0.449. The second-order valence-electron chi connectivity index (χ2n) is 2.88. The van der Waals surface area contributed by atoms with E-state index in [2.05, 4.69) is 10.3 Å². The van der Waals surface area contributed by atoms with Gasteiger partial charge in [0.05, 0.1) is 31.6 Å². The van der Waals surface area contributed by atoms with E-state index < -0.39 is 12.2 Å². The van der Waals surface area contributed by atoms with Gasteiger partial charge in [-0.1, -0.05) is 5.21 Å². The van der Waals surface area contributed by atoms with Gasteiger partial charge in [0.15, 0.2) is 0 Å². The summed E-state index contributed by atoms with van der Waals surface area (Å²) in [6.07, 6.45) is 0.0207. The molecule has 0 amide bonds. The highest BCUT2D eigenvalue weighted by molar-refractivity contribution is 4.95. The van der Waals surface area contributed by atoms with Crippen LogP contribution in [0, 0.1) is 0 Å². The minimum absolute atomic E-state index is 0.177. The average molecular weight is 187 g/mol. The summed E-state index contributed by atoms with van der Waals surface area (Å²) in [6, 6.07) is 0. The van der Waals surface area contributed by atoms with E-state index in [0.717, 1.165) is 0 Å². The Hall–Kier alpha value is -0.980. The quantitative estimate of drug-likeness (QED) is 0.544. The molecule has 0 spiro atoms. The molecule has 13 heavy (non-hydrogen) atoms. The van der Waals surface area contributed by atoms with Crippen LogP contribution in [0.2, 0.25) is 0 Å². The maximum absolute atomic E-state index is 9.10. The van der Waals surface area contributed by atoms with Crippen LogP contribution in [0.25, 0.3) is 0 Å². The van der Waals surface area contributed by atoms with E-state index in [0.29, 0.717) is 5.69 Å². The molecule has 6 heteroatoms. The van der Waals surface area contributed by atoms with Crippen molar-refractivity contribution in [1.29, 1.82) is 0 Å². The van der Waals surface area contributed by atoms with Gasteiger partial charge in [-0.15, -0.1) is 5.10 Å². The molecule has 0 aromatic carbocycles. The molecule has 74 valence electrons. The van der Waals surface area contributed by atoms with Gasteiger partial charge >= 0.3 is 0 Å². The normalized spacial score (nSPS) is 15.7. The molecule has 1 aromatic heterocycles. The van der Waals surface area contributed by atoms with Crippen LogP contribution >= 0.6 is 0 Å². The zero-order valence-corrected chi connectivity index (χ0v) is 7.33. The van der Waals surface area contributed by atoms with Crippen LogP contribution in [0.4, 0.5) is 0 Å². The topological polar surface area (TPSA) is 91.4 Å². The summed E-state index contributed by atoms with van der Waals surface area (Å²) in [4.78, 5) is 0. The Bertz CT molecular complexity index is 261. The fourth-order valence-electron chi connectivity index (χ4n) is 0.868. The molecule has 1 aromatic rings. The molecule has 0 fully saturated rings. The fourth-order valence-corrected chi connectivity index (χ4v) is 0.868. The average Bonchev–Trinajstić information content (AvgIpc) is 2.52. The van der Waals surface area contributed by atoms with E-state index in [4.69, 9.17) is 15.3 Å². The van der Waals surface area contributed by atoms with Crippen LogP contribution in [0.5, 0.6) is 0 Å². The molecule has 0 bridgehead atoms. The SMILES string of the molecule is CC(O)c1cn(CC(O)CO)nn1. The number of nitrogens with zero attached hydrogens (tertiary/aromatic N) is 3. The first-order valence-corrected chi connectivity index (χ1v) is 4.00. The summed E-state index contributed by atoms with van der Waals surface area (Å²) >= 11 is 0. The van der Waals surface area contributed by atoms with Crippen LogP contribution in [0.3, 0.4) is 0 Å². The van der Waals surface area contributed by atoms with Crippen molar-refractivity contribution in [2.24, 2.45) is 0 Å². The second kappa shape index (κ2) is 4.31. The van der Waals surface area contributed by atoms with Crippen LogP contribution in [0.1, 0.15) is 18.7 Å². The summed E-state index contributed by atoms with van der Waals surface area (Å²) in [5.74, 6) is 0. The molecule has 0 aliphatic heterocycles. The fraction of sp³-hybridized carbons (Fsp3) is 0.714. The van der Waals surface area contributed by atoms with E-state index in [-0.39, 0.29) is 13.2 Å². The Morgan fingerprint density at radius 3 is 2.69 bits per heavy atom. The second-order valence-corrected chi connectivity index (χ2v) is 2.88. The molecule has 1 rings (SSSR count). The highest BCUT2D eigenvalue weighted by atomic mass is 16.3. The van der Waals surface area contributed by atoms with Crippen LogP contribution in [0.15, 0.2) is 6.20 Å². The molecule has 2 unspecified atom stereocenters. The number of aliphatic hydroxyl groups is 3. The molecule has 1 heterocycles. The standard InChI is InChI=1S/C7H13N3O3/c1-5(12)7-3-10(9-8-7)2-6(13)4-11/h3,5-6,11-13H,2,4H2,1H3. The highest BCUT2D eigenvalue weighted by Gasteiger charge is 2.08. The van der Waals surface area contributed by atoms with E-state index in [9.17, 15) is 0 Å². The van der Waals surface area contributed by atoms with Gasteiger partial charge in [-0.05, 0) is 6.92 Å². The molecule has 0 aliphatic carbocycles. The van der Waals surface area contributed by atoms with Crippen molar-refractivity contribution >= 4 is 0 Å². The minimum atomic E-state index is -0.844. The summed E-state index contributed by atoms with van der Waals surface area (Å²) in [6.45, 7) is 1.44. The molecule has 0 radical (unpaired) electrons.